The van der Waals surface area contributed by atoms with Crippen molar-refractivity contribution in [2.45, 2.75) is 18.0 Å². The van der Waals surface area contributed by atoms with Crippen molar-refractivity contribution in [2.24, 2.45) is 5.41 Å². The van der Waals surface area contributed by atoms with Crippen LogP contribution in [0.5, 0.6) is 0 Å². The monoisotopic (exact) mass is 549 g/mol. The predicted octanol–water partition coefficient (Wildman–Crippen LogP) is 6.36. The first-order chi connectivity index (χ1) is 18.0. The number of ketones is 3. The van der Waals surface area contributed by atoms with Crippen LogP contribution in [0.25, 0.3) is 6.08 Å². The Bertz CT molecular complexity index is 1590. The van der Waals surface area contributed by atoms with Crippen molar-refractivity contribution >= 4 is 45.0 Å². The smallest absolute Gasteiger partial charge is 0.186 e. The molecule has 3 aromatic carbocycles. The third kappa shape index (κ3) is 2.87. The Kier molecular flexibility index (Phi) is 4.79. The second-order valence-corrected chi connectivity index (χ2v) is 10.6. The quantitative estimate of drug-likeness (QED) is 0.220. The van der Waals surface area contributed by atoms with Gasteiger partial charge in [0.1, 0.15) is 17.2 Å². The summed E-state index contributed by atoms with van der Waals surface area (Å²) in [4.78, 5) is 45.2. The van der Waals surface area contributed by atoms with E-state index in [0.717, 1.165) is 15.7 Å². The standard InChI is InChI=1S/C31H20BrNO4/c32-20-13-14-23-19(17-20)12-15-25-31(29(35)21-9-4-5-10-22(21)30(31)36)26(24-11-6-16-37-24)27(33(23)25)28(34)18-7-2-1-3-8-18/h1-17,25-27H/t25-,26+,27-/m1/s1. The normalized spacial score (nSPS) is 22.7. The lowest BCUT2D eigenvalue weighted by atomic mass is 9.65. The second kappa shape index (κ2) is 7.98. The predicted molar refractivity (Wildman–Crippen MR) is 143 cm³/mol. The van der Waals surface area contributed by atoms with Gasteiger partial charge in [0.05, 0.1) is 18.2 Å². The maximum absolute atomic E-state index is 14.4. The van der Waals surface area contributed by atoms with Gasteiger partial charge in [-0.15, -0.1) is 0 Å². The molecule has 1 saturated heterocycles. The Balaban J connectivity index is 1.55. The molecular weight excluding hydrogens is 530 g/mol. The minimum absolute atomic E-state index is 0.162. The molecule has 6 heteroatoms. The number of anilines is 1. The van der Waals surface area contributed by atoms with Gasteiger partial charge in [-0.3, -0.25) is 14.4 Å². The fourth-order valence-corrected chi connectivity index (χ4v) is 6.88. The number of carbonyl (C=O) groups is 3. The maximum atomic E-state index is 14.4. The SMILES string of the molecule is O=C(c1ccccc1)[C@H]1[C@H](c2ccco2)C2(C(=O)c3ccccc3C2=O)[C@H]2C=Cc3cc(Br)ccc3N12. The Morgan fingerprint density at radius 2 is 1.57 bits per heavy atom. The largest absolute Gasteiger partial charge is 0.469 e. The second-order valence-electron chi connectivity index (χ2n) is 9.66. The molecule has 4 aromatic rings. The first-order valence-electron chi connectivity index (χ1n) is 12.1. The Hall–Kier alpha value is -4.03. The zero-order valence-corrected chi connectivity index (χ0v) is 21.1. The van der Waals surface area contributed by atoms with Crippen LogP contribution in [0.1, 0.15) is 48.3 Å². The summed E-state index contributed by atoms with van der Waals surface area (Å²) in [6.07, 6.45) is 5.38. The lowest BCUT2D eigenvalue weighted by Crippen LogP contribution is -2.48. The average molecular weight is 550 g/mol. The minimum atomic E-state index is -1.54. The van der Waals surface area contributed by atoms with E-state index in [-0.39, 0.29) is 17.3 Å². The van der Waals surface area contributed by atoms with Crippen LogP contribution in [0.4, 0.5) is 5.69 Å². The molecule has 0 saturated carbocycles. The summed E-state index contributed by atoms with van der Waals surface area (Å²) < 4.78 is 6.81. The van der Waals surface area contributed by atoms with Crippen molar-refractivity contribution in [3.63, 3.8) is 0 Å². The number of hydrogen-bond acceptors (Lipinski definition) is 5. The van der Waals surface area contributed by atoms with Crippen molar-refractivity contribution in [1.82, 2.24) is 0 Å². The van der Waals surface area contributed by atoms with Gasteiger partial charge in [0.25, 0.3) is 0 Å². The summed E-state index contributed by atoms with van der Waals surface area (Å²) >= 11 is 3.54. The van der Waals surface area contributed by atoms with Gasteiger partial charge in [-0.05, 0) is 35.9 Å². The van der Waals surface area contributed by atoms with Crippen LogP contribution in [-0.2, 0) is 0 Å². The van der Waals surface area contributed by atoms with E-state index in [1.54, 1.807) is 48.5 Å². The van der Waals surface area contributed by atoms with Crippen molar-refractivity contribution < 1.29 is 18.8 Å². The number of halogens is 1. The average Bonchev–Trinajstić information content (AvgIpc) is 3.62. The summed E-state index contributed by atoms with van der Waals surface area (Å²) in [5.74, 6) is -1.07. The molecule has 0 bridgehead atoms. The molecule has 7 rings (SSSR count). The molecule has 1 fully saturated rings. The molecule has 180 valence electrons. The fraction of sp³-hybridized carbons (Fsp3) is 0.129. The molecule has 1 aliphatic carbocycles. The van der Waals surface area contributed by atoms with Crippen LogP contribution in [0.2, 0.25) is 0 Å². The minimum Gasteiger partial charge on any atom is -0.469 e. The van der Waals surface area contributed by atoms with Crippen molar-refractivity contribution in [1.29, 1.82) is 0 Å². The van der Waals surface area contributed by atoms with Crippen molar-refractivity contribution in [2.75, 3.05) is 4.90 Å². The number of rotatable bonds is 3. The van der Waals surface area contributed by atoms with E-state index in [2.05, 4.69) is 15.9 Å². The summed E-state index contributed by atoms with van der Waals surface area (Å²) in [6, 6.07) is 23.8. The molecule has 2 aliphatic heterocycles. The van der Waals surface area contributed by atoms with E-state index >= 15 is 0 Å². The summed E-state index contributed by atoms with van der Waals surface area (Å²) in [6.45, 7) is 0. The van der Waals surface area contributed by atoms with E-state index in [0.29, 0.717) is 22.5 Å². The maximum Gasteiger partial charge on any atom is 0.186 e. The highest BCUT2D eigenvalue weighted by atomic mass is 79.9. The number of nitrogens with zero attached hydrogens (tertiary/aromatic N) is 1. The summed E-state index contributed by atoms with van der Waals surface area (Å²) in [5.41, 5.74) is 1.47. The van der Waals surface area contributed by atoms with E-state index in [1.807, 2.05) is 53.5 Å². The van der Waals surface area contributed by atoms with Crippen LogP contribution < -0.4 is 4.90 Å². The number of carbonyl (C=O) groups excluding carboxylic acids is 3. The lowest BCUT2D eigenvalue weighted by molar-refractivity contribution is 0.0652. The molecular formula is C31H20BrNO4. The van der Waals surface area contributed by atoms with Gasteiger partial charge < -0.3 is 9.32 Å². The van der Waals surface area contributed by atoms with Crippen molar-refractivity contribution in [3.05, 3.63) is 130 Å². The third-order valence-corrected chi connectivity index (χ3v) is 8.44. The van der Waals surface area contributed by atoms with Gasteiger partial charge in [-0.1, -0.05) is 82.7 Å². The van der Waals surface area contributed by atoms with Crippen LogP contribution in [0, 0.1) is 5.41 Å². The number of furan rings is 1. The fourth-order valence-electron chi connectivity index (χ4n) is 6.50. The molecule has 5 nitrogen and oxygen atoms in total. The highest BCUT2D eigenvalue weighted by Crippen LogP contribution is 2.61. The van der Waals surface area contributed by atoms with Crippen LogP contribution in [0.3, 0.4) is 0 Å². The molecule has 1 aromatic heterocycles. The Morgan fingerprint density at radius 3 is 2.24 bits per heavy atom. The molecule has 0 amide bonds. The molecule has 0 radical (unpaired) electrons. The Labute approximate surface area is 221 Å². The van der Waals surface area contributed by atoms with Gasteiger partial charge in [-0.2, -0.15) is 0 Å². The lowest BCUT2D eigenvalue weighted by Gasteiger charge is -2.37. The van der Waals surface area contributed by atoms with Crippen LogP contribution >= 0.6 is 15.9 Å². The molecule has 0 N–H and O–H groups in total. The third-order valence-electron chi connectivity index (χ3n) is 7.94. The summed E-state index contributed by atoms with van der Waals surface area (Å²) in [7, 11) is 0. The van der Waals surface area contributed by atoms with Gasteiger partial charge in [0, 0.05) is 26.9 Å². The van der Waals surface area contributed by atoms with E-state index in [9.17, 15) is 14.4 Å². The van der Waals surface area contributed by atoms with Crippen LogP contribution in [-0.4, -0.2) is 29.4 Å². The van der Waals surface area contributed by atoms with E-state index < -0.39 is 23.4 Å². The molecule has 3 atom stereocenters. The first kappa shape index (κ1) is 22.2. The molecule has 0 unspecified atom stereocenters. The van der Waals surface area contributed by atoms with Gasteiger partial charge in [-0.25, -0.2) is 0 Å². The number of fused-ring (bicyclic) bond motifs is 5. The van der Waals surface area contributed by atoms with E-state index in [1.165, 1.54) is 6.26 Å². The molecule has 1 spiro atoms. The first-order valence-corrected chi connectivity index (χ1v) is 12.9. The highest BCUT2D eigenvalue weighted by molar-refractivity contribution is 9.10. The van der Waals surface area contributed by atoms with Gasteiger partial charge >= 0.3 is 0 Å². The highest BCUT2D eigenvalue weighted by Gasteiger charge is 2.72. The topological polar surface area (TPSA) is 67.6 Å². The molecule has 37 heavy (non-hydrogen) atoms. The molecule has 3 aliphatic rings. The van der Waals surface area contributed by atoms with Gasteiger partial charge in [0.2, 0.25) is 0 Å². The van der Waals surface area contributed by atoms with Crippen molar-refractivity contribution in [3.8, 4) is 0 Å². The van der Waals surface area contributed by atoms with Gasteiger partial charge in [0.15, 0.2) is 17.3 Å². The number of benzene rings is 3. The summed E-state index contributed by atoms with van der Waals surface area (Å²) in [5, 5.41) is 0. The Morgan fingerprint density at radius 1 is 0.865 bits per heavy atom. The van der Waals surface area contributed by atoms with E-state index in [4.69, 9.17) is 4.42 Å². The van der Waals surface area contributed by atoms with Crippen LogP contribution in [0.15, 0.2) is 106 Å². The number of hydrogen-bond donors (Lipinski definition) is 0. The molecule has 3 heterocycles. The zero-order valence-electron chi connectivity index (χ0n) is 19.5. The zero-order chi connectivity index (χ0) is 25.3. The number of Topliss-reactive ketones (excluding diaryl/α,β-unsaturated/α-hetero) is 3.